The van der Waals surface area contributed by atoms with Gasteiger partial charge in [-0.15, -0.1) is 0 Å². The molecule has 2 heterocycles. The Morgan fingerprint density at radius 2 is 2.32 bits per heavy atom. The molecule has 1 aromatic heterocycles. The lowest BCUT2D eigenvalue weighted by Gasteiger charge is -2.26. The number of benzene rings is 1. The fraction of sp³-hybridized carbons (Fsp3) is 0.333. The zero-order valence-electron chi connectivity index (χ0n) is 12.1. The van der Waals surface area contributed by atoms with Gasteiger partial charge < -0.3 is 15.2 Å². The molecule has 5 nitrogen and oxygen atoms in total. The molecular weight excluding hydrogens is 323 g/mol. The van der Waals surface area contributed by atoms with Crippen molar-refractivity contribution in [2.24, 2.45) is 0 Å². The molecule has 2 aromatic rings. The minimum Gasteiger partial charge on any atom is -0.319 e. The van der Waals surface area contributed by atoms with E-state index in [0.29, 0.717) is 28.0 Å². The molecule has 1 aromatic carbocycles. The quantitative estimate of drug-likeness (QED) is 0.900. The third kappa shape index (κ3) is 2.84. The van der Waals surface area contributed by atoms with Crippen LogP contribution in [0.1, 0.15) is 35.7 Å². The summed E-state index contributed by atoms with van der Waals surface area (Å²) in [4.78, 5) is 16.9. The van der Waals surface area contributed by atoms with Crippen LogP contribution in [0.2, 0.25) is 10.0 Å². The standard InChI is InChI=1S/C15H16Cl2N4O/c1-2-10-6-18-8-14-19-7-13(21(10)14)15(22)20-12-4-3-9(16)5-11(12)17/h3-5,7,10,18H,2,6,8H2,1H3,(H,20,22). The van der Waals surface area contributed by atoms with Crippen molar-refractivity contribution in [3.05, 3.63) is 46.0 Å². The number of rotatable bonds is 3. The molecule has 1 aliphatic rings. The first kappa shape index (κ1) is 15.3. The van der Waals surface area contributed by atoms with Gasteiger partial charge >= 0.3 is 0 Å². The molecule has 0 radical (unpaired) electrons. The number of nitrogens with zero attached hydrogens (tertiary/aromatic N) is 2. The highest BCUT2D eigenvalue weighted by Gasteiger charge is 2.25. The Morgan fingerprint density at radius 3 is 3.05 bits per heavy atom. The smallest absolute Gasteiger partial charge is 0.273 e. The van der Waals surface area contributed by atoms with Crippen molar-refractivity contribution in [1.29, 1.82) is 0 Å². The van der Waals surface area contributed by atoms with Crippen LogP contribution >= 0.6 is 23.2 Å². The van der Waals surface area contributed by atoms with Gasteiger partial charge in [-0.1, -0.05) is 30.1 Å². The van der Waals surface area contributed by atoms with Crippen molar-refractivity contribution in [1.82, 2.24) is 14.9 Å². The number of hydrogen-bond donors (Lipinski definition) is 2. The molecule has 0 saturated carbocycles. The first-order chi connectivity index (χ1) is 10.6. The Labute approximate surface area is 138 Å². The molecule has 1 unspecified atom stereocenters. The summed E-state index contributed by atoms with van der Waals surface area (Å²) in [5.74, 6) is 0.661. The summed E-state index contributed by atoms with van der Waals surface area (Å²) in [7, 11) is 0. The molecule has 7 heteroatoms. The zero-order chi connectivity index (χ0) is 15.7. The second-order valence-electron chi connectivity index (χ2n) is 5.20. The SMILES string of the molecule is CCC1CNCc2ncc(C(=O)Nc3ccc(Cl)cc3Cl)n21. The average Bonchev–Trinajstić information content (AvgIpc) is 2.94. The van der Waals surface area contributed by atoms with Crippen LogP contribution in [0.5, 0.6) is 0 Å². The molecule has 0 bridgehead atoms. The van der Waals surface area contributed by atoms with Gasteiger partial charge in [-0.05, 0) is 24.6 Å². The Kier molecular flexibility index (Phi) is 4.38. The van der Waals surface area contributed by atoms with E-state index in [1.165, 1.54) is 0 Å². The van der Waals surface area contributed by atoms with Crippen LogP contribution in [-0.2, 0) is 6.54 Å². The topological polar surface area (TPSA) is 59.0 Å². The van der Waals surface area contributed by atoms with Crippen molar-refractivity contribution < 1.29 is 4.79 Å². The maximum Gasteiger partial charge on any atom is 0.273 e. The van der Waals surface area contributed by atoms with Gasteiger partial charge in [-0.25, -0.2) is 4.98 Å². The lowest BCUT2D eigenvalue weighted by molar-refractivity contribution is 0.101. The lowest BCUT2D eigenvalue weighted by Crippen LogP contribution is -2.35. The van der Waals surface area contributed by atoms with Gasteiger partial charge in [-0.2, -0.15) is 0 Å². The Hall–Kier alpha value is -1.56. The van der Waals surface area contributed by atoms with E-state index in [1.54, 1.807) is 24.4 Å². The van der Waals surface area contributed by atoms with Crippen LogP contribution in [0.4, 0.5) is 5.69 Å². The van der Waals surface area contributed by atoms with Crippen molar-refractivity contribution in [2.45, 2.75) is 25.9 Å². The third-order valence-corrected chi connectivity index (χ3v) is 4.33. The number of carbonyl (C=O) groups excluding carboxylic acids is 1. The van der Waals surface area contributed by atoms with Gasteiger partial charge in [-0.3, -0.25) is 4.79 Å². The maximum atomic E-state index is 12.6. The van der Waals surface area contributed by atoms with Crippen molar-refractivity contribution >= 4 is 34.8 Å². The van der Waals surface area contributed by atoms with E-state index in [1.807, 2.05) is 4.57 Å². The molecule has 3 rings (SSSR count). The molecule has 0 saturated heterocycles. The van der Waals surface area contributed by atoms with E-state index in [-0.39, 0.29) is 11.9 Å². The fourth-order valence-electron chi connectivity index (χ4n) is 2.65. The normalized spacial score (nSPS) is 17.1. The summed E-state index contributed by atoms with van der Waals surface area (Å²) in [6, 6.07) is 5.21. The molecule has 0 spiro atoms. The number of aromatic nitrogens is 2. The third-order valence-electron chi connectivity index (χ3n) is 3.78. The highest BCUT2D eigenvalue weighted by atomic mass is 35.5. The Balaban J connectivity index is 1.88. The van der Waals surface area contributed by atoms with E-state index in [9.17, 15) is 4.79 Å². The lowest BCUT2D eigenvalue weighted by atomic mass is 10.1. The first-order valence-electron chi connectivity index (χ1n) is 7.13. The number of halogens is 2. The van der Waals surface area contributed by atoms with Crippen LogP contribution in [0.15, 0.2) is 24.4 Å². The van der Waals surface area contributed by atoms with Gasteiger partial charge in [0.1, 0.15) is 11.5 Å². The van der Waals surface area contributed by atoms with Gasteiger partial charge in [0.2, 0.25) is 0 Å². The summed E-state index contributed by atoms with van der Waals surface area (Å²) >= 11 is 12.0. The minimum absolute atomic E-state index is 0.219. The van der Waals surface area contributed by atoms with E-state index >= 15 is 0 Å². The number of anilines is 1. The van der Waals surface area contributed by atoms with Crippen LogP contribution < -0.4 is 10.6 Å². The van der Waals surface area contributed by atoms with E-state index in [0.717, 1.165) is 18.8 Å². The number of imidazole rings is 1. The van der Waals surface area contributed by atoms with Crippen LogP contribution in [0.3, 0.4) is 0 Å². The van der Waals surface area contributed by atoms with Crippen LogP contribution in [0.25, 0.3) is 0 Å². The first-order valence-corrected chi connectivity index (χ1v) is 7.89. The van der Waals surface area contributed by atoms with E-state index < -0.39 is 0 Å². The highest BCUT2D eigenvalue weighted by Crippen LogP contribution is 2.27. The summed E-state index contributed by atoms with van der Waals surface area (Å²) in [5, 5.41) is 7.07. The largest absolute Gasteiger partial charge is 0.319 e. The van der Waals surface area contributed by atoms with Gasteiger partial charge in [0.15, 0.2) is 0 Å². The predicted octanol–water partition coefficient (Wildman–Crippen LogP) is 3.50. The molecule has 1 aliphatic heterocycles. The van der Waals surface area contributed by atoms with Crippen LogP contribution in [-0.4, -0.2) is 22.0 Å². The molecular formula is C15H16Cl2N4O. The summed E-state index contributed by atoms with van der Waals surface area (Å²) < 4.78 is 2.01. The van der Waals surface area contributed by atoms with Crippen LogP contribution in [0, 0.1) is 0 Å². The number of fused-ring (bicyclic) bond motifs is 1. The maximum absolute atomic E-state index is 12.6. The predicted molar refractivity (Wildman–Crippen MR) is 87.7 cm³/mol. The van der Waals surface area contributed by atoms with Gasteiger partial charge in [0, 0.05) is 17.6 Å². The Morgan fingerprint density at radius 1 is 1.50 bits per heavy atom. The molecule has 1 amide bonds. The number of nitrogens with one attached hydrogen (secondary N) is 2. The van der Waals surface area contributed by atoms with E-state index in [2.05, 4.69) is 22.5 Å². The van der Waals surface area contributed by atoms with E-state index in [4.69, 9.17) is 23.2 Å². The zero-order valence-corrected chi connectivity index (χ0v) is 13.6. The van der Waals surface area contributed by atoms with Crippen molar-refractivity contribution in [3.63, 3.8) is 0 Å². The molecule has 22 heavy (non-hydrogen) atoms. The average molecular weight is 339 g/mol. The monoisotopic (exact) mass is 338 g/mol. The fourth-order valence-corrected chi connectivity index (χ4v) is 3.11. The number of amides is 1. The summed E-state index contributed by atoms with van der Waals surface area (Å²) in [6.07, 6.45) is 2.54. The molecule has 2 N–H and O–H groups in total. The molecule has 0 fully saturated rings. The molecule has 0 aliphatic carbocycles. The minimum atomic E-state index is -0.219. The van der Waals surface area contributed by atoms with Crippen molar-refractivity contribution in [3.8, 4) is 0 Å². The number of carbonyl (C=O) groups is 1. The number of hydrogen-bond acceptors (Lipinski definition) is 3. The Bertz CT molecular complexity index is 714. The van der Waals surface area contributed by atoms with Gasteiger partial charge in [0.05, 0.1) is 23.5 Å². The second kappa shape index (κ2) is 6.28. The molecule has 1 atom stereocenters. The molecule has 116 valence electrons. The summed E-state index contributed by atoms with van der Waals surface area (Å²) in [6.45, 7) is 3.60. The summed E-state index contributed by atoms with van der Waals surface area (Å²) in [5.41, 5.74) is 1.09. The highest BCUT2D eigenvalue weighted by molar-refractivity contribution is 6.36. The van der Waals surface area contributed by atoms with Crippen molar-refractivity contribution in [2.75, 3.05) is 11.9 Å². The second-order valence-corrected chi connectivity index (χ2v) is 6.04. The van der Waals surface area contributed by atoms with Gasteiger partial charge in [0.25, 0.3) is 5.91 Å².